The number of nitrogens with one attached hydrogen (secondary N) is 1. The molecular weight excluding hydrogens is 289 g/mol. The van der Waals surface area contributed by atoms with Crippen LogP contribution in [0.2, 0.25) is 10.0 Å². The summed E-state index contributed by atoms with van der Waals surface area (Å²) in [6, 6.07) is 7.29. The van der Waals surface area contributed by atoms with E-state index in [4.69, 9.17) is 23.2 Å². The van der Waals surface area contributed by atoms with Crippen molar-refractivity contribution < 1.29 is 0 Å². The number of thioether (sulfide) groups is 1. The van der Waals surface area contributed by atoms with E-state index in [2.05, 4.69) is 15.3 Å². The number of aromatic nitrogens is 2. The van der Waals surface area contributed by atoms with Gasteiger partial charge in [-0.2, -0.15) is 0 Å². The van der Waals surface area contributed by atoms with Crippen LogP contribution >= 0.6 is 35.0 Å². The fourth-order valence-electron chi connectivity index (χ4n) is 1.34. The SMILES string of the molecule is CNc1ccc(Cl)c(CSc2ncccc2Cl)n1. The Morgan fingerprint density at radius 1 is 1.22 bits per heavy atom. The molecule has 0 spiro atoms. The smallest absolute Gasteiger partial charge is 0.126 e. The molecule has 2 aromatic rings. The molecule has 0 atom stereocenters. The summed E-state index contributed by atoms with van der Waals surface area (Å²) in [7, 11) is 1.82. The van der Waals surface area contributed by atoms with Gasteiger partial charge in [0.25, 0.3) is 0 Å². The average Bonchev–Trinajstić information content (AvgIpc) is 2.39. The summed E-state index contributed by atoms with van der Waals surface area (Å²) in [5.41, 5.74) is 0.815. The lowest BCUT2D eigenvalue weighted by molar-refractivity contribution is 1.12. The second-order valence-corrected chi connectivity index (χ2v) is 5.23. The van der Waals surface area contributed by atoms with Crippen molar-refractivity contribution in [3.63, 3.8) is 0 Å². The van der Waals surface area contributed by atoms with E-state index in [0.29, 0.717) is 15.8 Å². The molecule has 0 fully saturated rings. The predicted molar refractivity (Wildman–Crippen MR) is 77.6 cm³/mol. The van der Waals surface area contributed by atoms with E-state index in [0.717, 1.165) is 16.5 Å². The lowest BCUT2D eigenvalue weighted by Gasteiger charge is -2.06. The molecule has 18 heavy (non-hydrogen) atoms. The quantitative estimate of drug-likeness (QED) is 0.862. The Labute approximate surface area is 120 Å². The molecule has 6 heteroatoms. The molecule has 0 aliphatic carbocycles. The van der Waals surface area contributed by atoms with Crippen LogP contribution < -0.4 is 5.32 Å². The first-order valence-electron chi connectivity index (χ1n) is 5.27. The predicted octanol–water partition coefficient (Wildman–Crippen LogP) is 4.12. The lowest BCUT2D eigenvalue weighted by Crippen LogP contribution is -1.96. The van der Waals surface area contributed by atoms with Crippen molar-refractivity contribution in [3.05, 3.63) is 46.2 Å². The highest BCUT2D eigenvalue weighted by Gasteiger charge is 2.07. The second-order valence-electron chi connectivity index (χ2n) is 3.45. The van der Waals surface area contributed by atoms with Crippen molar-refractivity contribution in [2.24, 2.45) is 0 Å². The van der Waals surface area contributed by atoms with E-state index in [1.54, 1.807) is 12.3 Å². The molecule has 94 valence electrons. The van der Waals surface area contributed by atoms with E-state index >= 15 is 0 Å². The molecule has 0 aliphatic heterocycles. The van der Waals surface area contributed by atoms with Gasteiger partial charge in [-0.15, -0.1) is 0 Å². The number of hydrogen-bond acceptors (Lipinski definition) is 4. The largest absolute Gasteiger partial charge is 0.373 e. The number of halogens is 2. The molecule has 0 radical (unpaired) electrons. The molecule has 3 nitrogen and oxygen atoms in total. The van der Waals surface area contributed by atoms with Gasteiger partial charge in [-0.3, -0.25) is 0 Å². The van der Waals surface area contributed by atoms with Gasteiger partial charge in [-0.05, 0) is 24.3 Å². The van der Waals surface area contributed by atoms with Gasteiger partial charge in [0.15, 0.2) is 0 Å². The van der Waals surface area contributed by atoms with Crippen LogP contribution in [0.15, 0.2) is 35.5 Å². The fourth-order valence-corrected chi connectivity index (χ4v) is 2.71. The van der Waals surface area contributed by atoms with Crippen LogP contribution in [0.3, 0.4) is 0 Å². The highest BCUT2D eigenvalue weighted by molar-refractivity contribution is 7.98. The summed E-state index contributed by atoms with van der Waals surface area (Å²) < 4.78 is 0. The zero-order valence-corrected chi connectivity index (χ0v) is 12.0. The van der Waals surface area contributed by atoms with E-state index in [9.17, 15) is 0 Å². The van der Waals surface area contributed by atoms with Crippen molar-refractivity contribution >= 4 is 40.8 Å². The van der Waals surface area contributed by atoms with Crippen molar-refractivity contribution in [2.45, 2.75) is 10.8 Å². The van der Waals surface area contributed by atoms with Gasteiger partial charge in [0.2, 0.25) is 0 Å². The van der Waals surface area contributed by atoms with Gasteiger partial charge in [0.05, 0.1) is 15.7 Å². The molecule has 2 rings (SSSR count). The summed E-state index contributed by atoms with van der Waals surface area (Å²) >= 11 is 13.7. The monoisotopic (exact) mass is 299 g/mol. The third-order valence-corrected chi connectivity index (χ3v) is 4.02. The third kappa shape index (κ3) is 3.28. The number of hydrogen-bond donors (Lipinski definition) is 1. The van der Waals surface area contributed by atoms with Crippen molar-refractivity contribution in [3.8, 4) is 0 Å². The molecule has 0 saturated carbocycles. The van der Waals surface area contributed by atoms with Crippen LogP contribution in [0, 0.1) is 0 Å². The molecule has 2 heterocycles. The van der Waals surface area contributed by atoms with Crippen molar-refractivity contribution in [1.29, 1.82) is 0 Å². The number of anilines is 1. The average molecular weight is 300 g/mol. The Balaban J connectivity index is 2.13. The minimum atomic E-state index is 0.630. The third-order valence-electron chi connectivity index (χ3n) is 2.25. The van der Waals surface area contributed by atoms with Crippen molar-refractivity contribution in [1.82, 2.24) is 9.97 Å². The number of rotatable bonds is 4. The van der Waals surface area contributed by atoms with E-state index < -0.39 is 0 Å². The Bertz CT molecular complexity index is 549. The van der Waals surface area contributed by atoms with Gasteiger partial charge in [0.1, 0.15) is 10.8 Å². The van der Waals surface area contributed by atoms with E-state index in [1.807, 2.05) is 25.2 Å². The molecule has 2 aromatic heterocycles. The topological polar surface area (TPSA) is 37.8 Å². The first kappa shape index (κ1) is 13.5. The maximum Gasteiger partial charge on any atom is 0.126 e. The summed E-state index contributed by atoms with van der Waals surface area (Å²) in [6.45, 7) is 0. The molecule has 1 N–H and O–H groups in total. The van der Waals surface area contributed by atoms with Gasteiger partial charge in [-0.1, -0.05) is 35.0 Å². The van der Waals surface area contributed by atoms with Crippen LogP contribution in [0.1, 0.15) is 5.69 Å². The Kier molecular flexibility index (Phi) is 4.69. The first-order chi connectivity index (χ1) is 8.70. The van der Waals surface area contributed by atoms with E-state index in [-0.39, 0.29) is 0 Å². The molecule has 0 aliphatic rings. The van der Waals surface area contributed by atoms with Gasteiger partial charge in [-0.25, -0.2) is 9.97 Å². The molecule has 0 amide bonds. The molecule has 0 saturated heterocycles. The zero-order valence-electron chi connectivity index (χ0n) is 9.65. The van der Waals surface area contributed by atoms with Crippen LogP contribution in [0.5, 0.6) is 0 Å². The molecular formula is C12H11Cl2N3S. The first-order valence-corrected chi connectivity index (χ1v) is 7.01. The van der Waals surface area contributed by atoms with Gasteiger partial charge < -0.3 is 5.32 Å². The maximum absolute atomic E-state index is 6.10. The highest BCUT2D eigenvalue weighted by Crippen LogP contribution is 2.29. The molecule has 0 unspecified atom stereocenters. The normalized spacial score (nSPS) is 10.4. The fraction of sp³-hybridized carbons (Fsp3) is 0.167. The Morgan fingerprint density at radius 3 is 2.78 bits per heavy atom. The zero-order chi connectivity index (χ0) is 13.0. The standard InChI is InChI=1S/C12H11Cl2N3S/c1-15-11-5-4-8(13)10(17-11)7-18-12-9(14)3-2-6-16-12/h2-6H,7H2,1H3,(H,15,17). The minimum absolute atomic E-state index is 0.630. The van der Waals surface area contributed by atoms with Crippen LogP contribution in [-0.2, 0) is 5.75 Å². The van der Waals surface area contributed by atoms with Gasteiger partial charge >= 0.3 is 0 Å². The highest BCUT2D eigenvalue weighted by atomic mass is 35.5. The van der Waals surface area contributed by atoms with E-state index in [1.165, 1.54) is 11.8 Å². The Hall–Kier alpha value is -0.970. The second kappa shape index (κ2) is 6.27. The van der Waals surface area contributed by atoms with Gasteiger partial charge in [0, 0.05) is 19.0 Å². The summed E-state index contributed by atoms with van der Waals surface area (Å²) in [6.07, 6.45) is 1.72. The number of nitrogens with zero attached hydrogens (tertiary/aromatic N) is 2. The summed E-state index contributed by atoms with van der Waals surface area (Å²) in [5.74, 6) is 1.42. The van der Waals surface area contributed by atoms with Crippen LogP contribution in [-0.4, -0.2) is 17.0 Å². The minimum Gasteiger partial charge on any atom is -0.373 e. The van der Waals surface area contributed by atoms with Crippen LogP contribution in [0.25, 0.3) is 0 Å². The summed E-state index contributed by atoms with van der Waals surface area (Å²) in [4.78, 5) is 8.61. The molecule has 0 aromatic carbocycles. The number of pyridine rings is 2. The molecule has 0 bridgehead atoms. The van der Waals surface area contributed by atoms with Crippen molar-refractivity contribution in [2.75, 3.05) is 12.4 Å². The van der Waals surface area contributed by atoms with Crippen LogP contribution in [0.4, 0.5) is 5.82 Å². The summed E-state index contributed by atoms with van der Waals surface area (Å²) in [5, 5.41) is 5.06. The Morgan fingerprint density at radius 2 is 2.06 bits per heavy atom. The lowest BCUT2D eigenvalue weighted by atomic mass is 10.3. The maximum atomic E-state index is 6.10.